The molecule has 36 heavy (non-hydrogen) atoms. The number of H-pyrrole nitrogens is 1. The number of carbonyl (C=O) groups excluding carboxylic acids is 2. The number of likely N-dealkylation sites (tertiary alicyclic amines) is 2. The van der Waals surface area contributed by atoms with Crippen LogP contribution in [-0.4, -0.2) is 66.6 Å². The van der Waals surface area contributed by atoms with E-state index >= 15 is 0 Å². The van der Waals surface area contributed by atoms with Crippen LogP contribution in [0.15, 0.2) is 48.5 Å². The molecular weight excluding hydrogens is 453 g/mol. The van der Waals surface area contributed by atoms with Gasteiger partial charge in [0.2, 0.25) is 0 Å². The Bertz CT molecular complexity index is 1100. The van der Waals surface area contributed by atoms with E-state index in [1.54, 1.807) is 12.1 Å². The zero-order valence-electron chi connectivity index (χ0n) is 21.9. The van der Waals surface area contributed by atoms with E-state index < -0.39 is 0 Å². The maximum Gasteiger partial charge on any atom is 0.166 e. The van der Waals surface area contributed by atoms with Crippen LogP contribution in [0.1, 0.15) is 65.4 Å². The Kier molecular flexibility index (Phi) is 10.8. The monoisotopic (exact) mass is 493 g/mol. The third-order valence-electron chi connectivity index (χ3n) is 7.04. The fourth-order valence-electron chi connectivity index (χ4n) is 4.74. The number of aromatic nitrogens is 1. The van der Waals surface area contributed by atoms with Gasteiger partial charge in [-0.1, -0.05) is 25.5 Å². The van der Waals surface area contributed by atoms with Crippen molar-refractivity contribution in [3.63, 3.8) is 0 Å². The second kappa shape index (κ2) is 14.0. The van der Waals surface area contributed by atoms with Crippen LogP contribution >= 0.6 is 0 Å². The van der Waals surface area contributed by atoms with Crippen LogP contribution < -0.4 is 0 Å². The van der Waals surface area contributed by atoms with Crippen molar-refractivity contribution in [2.45, 2.75) is 46.0 Å². The Hall–Kier alpha value is -2.83. The number of aromatic amines is 1. The number of nitrogens with one attached hydrogen (secondary N) is 1. The Morgan fingerprint density at radius 3 is 2.22 bits per heavy atom. The summed E-state index contributed by atoms with van der Waals surface area (Å²) in [6.45, 7) is 9.85. The Morgan fingerprint density at radius 1 is 1.00 bits per heavy atom. The van der Waals surface area contributed by atoms with E-state index in [4.69, 9.17) is 0 Å². The Labute approximate surface area is 214 Å². The van der Waals surface area contributed by atoms with Gasteiger partial charge in [-0.3, -0.25) is 9.59 Å². The number of hydrogen-bond donors (Lipinski definition) is 1. The van der Waals surface area contributed by atoms with Gasteiger partial charge < -0.3 is 14.8 Å². The lowest BCUT2D eigenvalue weighted by molar-refractivity contribution is 0.0844. The lowest BCUT2D eigenvalue weighted by Gasteiger charge is -2.30. The molecule has 1 aromatic heterocycles. The van der Waals surface area contributed by atoms with Gasteiger partial charge in [0, 0.05) is 22.4 Å². The largest absolute Gasteiger partial charge is 0.352 e. The molecule has 1 N–H and O–H groups in total. The van der Waals surface area contributed by atoms with Gasteiger partial charge in [0.25, 0.3) is 0 Å². The SMILES string of the molecule is CCN1CCC(C(=O)c2ccc(F)cc2)CC1.CN1CCCCC1.Cc1ccc2cc(C=O)[nH]c2c1. The summed E-state index contributed by atoms with van der Waals surface area (Å²) in [5.74, 6) is -0.00799. The number of benzene rings is 2. The molecule has 0 atom stereocenters. The quantitative estimate of drug-likeness (QED) is 0.351. The molecule has 2 aliphatic heterocycles. The van der Waals surface area contributed by atoms with E-state index in [1.807, 2.05) is 31.2 Å². The molecule has 2 saturated heterocycles. The maximum atomic E-state index is 12.8. The molecule has 0 radical (unpaired) electrons. The lowest BCUT2D eigenvalue weighted by Crippen LogP contribution is -2.36. The van der Waals surface area contributed by atoms with Gasteiger partial charge in [-0.05, 0) is 114 Å². The molecule has 2 aliphatic rings. The van der Waals surface area contributed by atoms with Crippen molar-refractivity contribution in [3.8, 4) is 0 Å². The molecule has 0 bridgehead atoms. The summed E-state index contributed by atoms with van der Waals surface area (Å²) in [4.78, 5) is 30.4. The zero-order valence-corrected chi connectivity index (χ0v) is 21.9. The molecule has 0 saturated carbocycles. The topological polar surface area (TPSA) is 56.4 Å². The summed E-state index contributed by atoms with van der Waals surface area (Å²) < 4.78 is 12.8. The number of Topliss-reactive ketones (excluding diaryl/α,β-unsaturated/α-hetero) is 1. The van der Waals surface area contributed by atoms with E-state index in [0.717, 1.165) is 49.7 Å². The number of aryl methyl sites for hydroxylation is 1. The predicted molar refractivity (Wildman–Crippen MR) is 145 cm³/mol. The molecule has 5 rings (SSSR count). The highest BCUT2D eigenvalue weighted by molar-refractivity contribution is 5.97. The zero-order chi connectivity index (χ0) is 25.9. The highest BCUT2D eigenvalue weighted by Gasteiger charge is 2.24. The highest BCUT2D eigenvalue weighted by atomic mass is 19.1. The second-order valence-electron chi connectivity index (χ2n) is 9.88. The van der Waals surface area contributed by atoms with Gasteiger partial charge in [-0.15, -0.1) is 0 Å². The van der Waals surface area contributed by atoms with E-state index in [-0.39, 0.29) is 17.5 Å². The minimum absolute atomic E-state index is 0.114. The van der Waals surface area contributed by atoms with Gasteiger partial charge in [0.1, 0.15) is 5.82 Å². The molecule has 3 aromatic rings. The first-order valence-electron chi connectivity index (χ1n) is 13.1. The van der Waals surface area contributed by atoms with Crippen LogP contribution in [0.5, 0.6) is 0 Å². The number of aldehydes is 1. The van der Waals surface area contributed by atoms with Crippen LogP contribution in [0.3, 0.4) is 0 Å². The first-order chi connectivity index (χ1) is 17.4. The standard InChI is InChI=1S/C14H18FNO.C10H9NO.C6H13N/c1-2-16-9-7-12(8-10-16)14(17)11-3-5-13(15)6-4-11;1-7-2-3-8-5-9(6-12)11-10(8)4-7;1-7-5-3-2-4-6-7/h3-6,12H,2,7-10H2,1H3;2-6,11H,1H3;2-6H2,1H3. The summed E-state index contributed by atoms with van der Waals surface area (Å²) in [7, 11) is 2.19. The number of hydrogen-bond acceptors (Lipinski definition) is 4. The normalized spacial score (nSPS) is 17.0. The summed E-state index contributed by atoms with van der Waals surface area (Å²) >= 11 is 0. The number of ketones is 1. The van der Waals surface area contributed by atoms with Gasteiger partial charge in [0.05, 0.1) is 5.69 Å². The number of fused-ring (bicyclic) bond motifs is 1. The predicted octanol–water partition coefficient (Wildman–Crippen LogP) is 6.13. The van der Waals surface area contributed by atoms with Crippen molar-refractivity contribution < 1.29 is 14.0 Å². The van der Waals surface area contributed by atoms with Crippen LogP contribution in [0.25, 0.3) is 10.9 Å². The first kappa shape index (κ1) is 27.8. The summed E-state index contributed by atoms with van der Waals surface area (Å²) in [5.41, 5.74) is 3.50. The minimum Gasteiger partial charge on any atom is -0.352 e. The van der Waals surface area contributed by atoms with Crippen LogP contribution in [0.2, 0.25) is 0 Å². The summed E-state index contributed by atoms with van der Waals surface area (Å²) in [6.07, 6.45) is 6.95. The maximum absolute atomic E-state index is 12.8. The average Bonchev–Trinajstić information content (AvgIpc) is 3.32. The Balaban J connectivity index is 0.000000164. The number of nitrogens with zero attached hydrogens (tertiary/aromatic N) is 2. The molecule has 0 spiro atoms. The van der Waals surface area contributed by atoms with Gasteiger partial charge in [-0.25, -0.2) is 4.39 Å². The van der Waals surface area contributed by atoms with Gasteiger partial charge in [-0.2, -0.15) is 0 Å². The van der Waals surface area contributed by atoms with E-state index in [0.29, 0.717) is 11.3 Å². The fraction of sp³-hybridized carbons (Fsp3) is 0.467. The van der Waals surface area contributed by atoms with E-state index in [1.165, 1.54) is 50.0 Å². The number of rotatable bonds is 4. The van der Waals surface area contributed by atoms with E-state index in [2.05, 4.69) is 28.8 Å². The number of halogens is 1. The van der Waals surface area contributed by atoms with Gasteiger partial charge in [0.15, 0.2) is 12.1 Å². The van der Waals surface area contributed by atoms with Crippen molar-refractivity contribution in [1.29, 1.82) is 0 Å². The molecule has 6 heteroatoms. The molecule has 3 heterocycles. The number of piperidine rings is 2. The van der Waals surface area contributed by atoms with Crippen molar-refractivity contribution in [2.24, 2.45) is 5.92 Å². The molecule has 0 unspecified atom stereocenters. The van der Waals surface area contributed by atoms with Gasteiger partial charge >= 0.3 is 0 Å². The van der Waals surface area contributed by atoms with Crippen molar-refractivity contribution in [1.82, 2.24) is 14.8 Å². The van der Waals surface area contributed by atoms with Crippen molar-refractivity contribution in [3.05, 3.63) is 71.2 Å². The van der Waals surface area contributed by atoms with Crippen LogP contribution in [0.4, 0.5) is 4.39 Å². The van der Waals surface area contributed by atoms with Crippen LogP contribution in [-0.2, 0) is 0 Å². The van der Waals surface area contributed by atoms with Crippen molar-refractivity contribution >= 4 is 23.0 Å². The molecule has 0 amide bonds. The molecule has 194 valence electrons. The van der Waals surface area contributed by atoms with Crippen LogP contribution in [0, 0.1) is 18.7 Å². The highest BCUT2D eigenvalue weighted by Crippen LogP contribution is 2.21. The summed E-state index contributed by atoms with van der Waals surface area (Å²) in [5, 5.41) is 1.09. The van der Waals surface area contributed by atoms with Crippen molar-refractivity contribution in [2.75, 3.05) is 39.8 Å². The fourth-order valence-corrected chi connectivity index (χ4v) is 4.74. The molecule has 2 aromatic carbocycles. The van der Waals surface area contributed by atoms with E-state index in [9.17, 15) is 14.0 Å². The number of carbonyl (C=O) groups is 2. The molecule has 2 fully saturated rings. The molecular formula is C30H40FN3O2. The third kappa shape index (κ3) is 8.38. The Morgan fingerprint density at radius 2 is 1.67 bits per heavy atom. The molecule has 5 nitrogen and oxygen atoms in total. The lowest BCUT2D eigenvalue weighted by atomic mass is 9.89. The smallest absolute Gasteiger partial charge is 0.166 e. The average molecular weight is 494 g/mol. The molecule has 0 aliphatic carbocycles. The summed E-state index contributed by atoms with van der Waals surface area (Å²) in [6, 6.07) is 13.8. The first-order valence-corrected chi connectivity index (χ1v) is 13.1. The minimum atomic E-state index is -0.289. The third-order valence-corrected chi connectivity index (χ3v) is 7.04. The second-order valence-corrected chi connectivity index (χ2v) is 9.88.